The van der Waals surface area contributed by atoms with Crippen LogP contribution in [0.25, 0.3) is 11.1 Å². The van der Waals surface area contributed by atoms with Gasteiger partial charge in [0, 0.05) is 17.8 Å². The lowest BCUT2D eigenvalue weighted by molar-refractivity contribution is 0.360. The number of rotatable bonds is 3. The number of benzene rings is 1. The quantitative estimate of drug-likeness (QED) is 0.840. The van der Waals surface area contributed by atoms with Gasteiger partial charge in [0.1, 0.15) is 0 Å². The van der Waals surface area contributed by atoms with Crippen molar-refractivity contribution in [2.75, 3.05) is 14.2 Å². The Labute approximate surface area is 103 Å². The van der Waals surface area contributed by atoms with Crippen LogP contribution in [-0.2, 0) is 0 Å². The van der Waals surface area contributed by atoms with E-state index in [1.807, 2.05) is 0 Å². The Morgan fingerprint density at radius 1 is 0.944 bits per heavy atom. The van der Waals surface area contributed by atoms with Crippen LogP contribution in [0.1, 0.15) is 0 Å². The molecular weight excluding hydrogens is 240 g/mol. The highest BCUT2D eigenvalue weighted by atomic mass is 19.1. The van der Waals surface area contributed by atoms with Crippen molar-refractivity contribution >= 4 is 0 Å². The maximum absolute atomic E-state index is 13.5. The Kier molecular flexibility index (Phi) is 3.41. The van der Waals surface area contributed by atoms with E-state index in [-0.39, 0.29) is 5.75 Å². The van der Waals surface area contributed by atoms with Crippen molar-refractivity contribution in [3.8, 4) is 22.8 Å². The topological polar surface area (TPSA) is 31.4 Å². The van der Waals surface area contributed by atoms with Crippen LogP contribution < -0.4 is 9.47 Å². The molecule has 1 aromatic heterocycles. The van der Waals surface area contributed by atoms with Gasteiger partial charge in [0.15, 0.2) is 17.4 Å². The number of methoxy groups -OCH3 is 2. The molecule has 0 N–H and O–H groups in total. The Morgan fingerprint density at radius 2 is 1.61 bits per heavy atom. The fourth-order valence-corrected chi connectivity index (χ4v) is 1.59. The molecular formula is C13H11F2NO2. The van der Waals surface area contributed by atoms with Crippen LogP contribution in [0, 0.1) is 11.6 Å². The number of hydrogen-bond acceptors (Lipinski definition) is 3. The number of pyridine rings is 1. The summed E-state index contributed by atoms with van der Waals surface area (Å²) >= 11 is 0. The lowest BCUT2D eigenvalue weighted by Gasteiger charge is -2.07. The molecule has 94 valence electrons. The molecule has 0 atom stereocenters. The van der Waals surface area contributed by atoms with Gasteiger partial charge >= 0.3 is 0 Å². The number of halogens is 2. The van der Waals surface area contributed by atoms with Crippen molar-refractivity contribution in [1.82, 2.24) is 4.98 Å². The van der Waals surface area contributed by atoms with E-state index >= 15 is 0 Å². The molecule has 0 saturated carbocycles. The van der Waals surface area contributed by atoms with Crippen LogP contribution in [0.3, 0.4) is 0 Å². The summed E-state index contributed by atoms with van der Waals surface area (Å²) in [5.41, 5.74) is 0.984. The Morgan fingerprint density at radius 3 is 2.06 bits per heavy atom. The van der Waals surface area contributed by atoms with Gasteiger partial charge < -0.3 is 9.47 Å². The van der Waals surface area contributed by atoms with Crippen molar-refractivity contribution in [2.24, 2.45) is 0 Å². The van der Waals surface area contributed by atoms with E-state index in [9.17, 15) is 8.78 Å². The largest absolute Gasteiger partial charge is 0.491 e. The van der Waals surface area contributed by atoms with Crippen LogP contribution in [0.2, 0.25) is 0 Å². The summed E-state index contributed by atoms with van der Waals surface area (Å²) in [6.45, 7) is 0. The highest BCUT2D eigenvalue weighted by Gasteiger charge is 2.12. The van der Waals surface area contributed by atoms with Gasteiger partial charge in [0.05, 0.1) is 14.2 Å². The summed E-state index contributed by atoms with van der Waals surface area (Å²) in [7, 11) is 2.71. The van der Waals surface area contributed by atoms with E-state index in [2.05, 4.69) is 9.72 Å². The van der Waals surface area contributed by atoms with Gasteiger partial charge in [-0.05, 0) is 23.8 Å². The van der Waals surface area contributed by atoms with E-state index in [0.717, 1.165) is 0 Å². The van der Waals surface area contributed by atoms with E-state index in [4.69, 9.17) is 4.74 Å². The smallest absolute Gasteiger partial charge is 0.212 e. The SMILES string of the molecule is COc1ccc(-c2cc(F)c(OC)c(F)c2)cn1. The van der Waals surface area contributed by atoms with Gasteiger partial charge in [-0.2, -0.15) is 0 Å². The maximum atomic E-state index is 13.5. The zero-order chi connectivity index (χ0) is 13.1. The Bertz CT molecular complexity index is 532. The van der Waals surface area contributed by atoms with E-state index in [1.54, 1.807) is 12.1 Å². The van der Waals surface area contributed by atoms with Gasteiger partial charge in [-0.15, -0.1) is 0 Å². The molecule has 0 bridgehead atoms. The monoisotopic (exact) mass is 251 g/mol. The molecule has 1 aromatic carbocycles. The molecule has 0 aliphatic rings. The van der Waals surface area contributed by atoms with Crippen LogP contribution >= 0.6 is 0 Å². The molecule has 0 saturated heterocycles. The standard InChI is InChI=1S/C13H11F2NO2/c1-17-12-4-3-8(7-16-12)9-5-10(14)13(18-2)11(15)6-9/h3-7H,1-2H3. The minimum absolute atomic E-state index is 0.389. The van der Waals surface area contributed by atoms with Crippen molar-refractivity contribution in [1.29, 1.82) is 0 Å². The summed E-state index contributed by atoms with van der Waals surface area (Å²) < 4.78 is 36.6. The molecule has 0 aliphatic heterocycles. The van der Waals surface area contributed by atoms with E-state index < -0.39 is 11.6 Å². The van der Waals surface area contributed by atoms with Gasteiger partial charge in [0.25, 0.3) is 0 Å². The normalized spacial score (nSPS) is 10.2. The number of ether oxygens (including phenoxy) is 2. The molecule has 0 aliphatic carbocycles. The molecule has 0 radical (unpaired) electrons. The molecule has 18 heavy (non-hydrogen) atoms. The Hall–Kier alpha value is -2.17. The van der Waals surface area contributed by atoms with Crippen molar-refractivity contribution in [2.45, 2.75) is 0 Å². The summed E-state index contributed by atoms with van der Waals surface area (Å²) in [5.74, 6) is -1.44. The van der Waals surface area contributed by atoms with E-state index in [1.165, 1.54) is 32.5 Å². The molecule has 0 amide bonds. The summed E-state index contributed by atoms with van der Waals surface area (Å²) in [6, 6.07) is 5.69. The van der Waals surface area contributed by atoms with Gasteiger partial charge in [-0.25, -0.2) is 13.8 Å². The van der Waals surface area contributed by atoms with Crippen LogP contribution in [0.15, 0.2) is 30.5 Å². The molecule has 2 rings (SSSR count). The van der Waals surface area contributed by atoms with E-state index in [0.29, 0.717) is 17.0 Å². The van der Waals surface area contributed by atoms with Gasteiger partial charge in [0.2, 0.25) is 5.88 Å². The number of nitrogens with zero attached hydrogens (tertiary/aromatic N) is 1. The highest BCUT2D eigenvalue weighted by Crippen LogP contribution is 2.28. The van der Waals surface area contributed by atoms with Gasteiger partial charge in [-0.1, -0.05) is 0 Å². The summed E-state index contributed by atoms with van der Waals surface area (Å²) in [5, 5.41) is 0. The Balaban J connectivity index is 2.44. The molecule has 2 aromatic rings. The lowest BCUT2D eigenvalue weighted by Crippen LogP contribution is -1.94. The molecule has 0 unspecified atom stereocenters. The third-order valence-electron chi connectivity index (χ3n) is 2.48. The predicted octanol–water partition coefficient (Wildman–Crippen LogP) is 3.04. The van der Waals surface area contributed by atoms with Crippen LogP contribution in [0.4, 0.5) is 8.78 Å². The zero-order valence-corrected chi connectivity index (χ0v) is 9.91. The second kappa shape index (κ2) is 5.00. The minimum Gasteiger partial charge on any atom is -0.491 e. The second-order valence-corrected chi connectivity index (χ2v) is 3.56. The lowest BCUT2D eigenvalue weighted by atomic mass is 10.1. The molecule has 5 heteroatoms. The summed E-state index contributed by atoms with van der Waals surface area (Å²) in [4.78, 5) is 3.98. The molecule has 0 spiro atoms. The average molecular weight is 251 g/mol. The van der Waals surface area contributed by atoms with Crippen molar-refractivity contribution < 1.29 is 18.3 Å². The van der Waals surface area contributed by atoms with Gasteiger partial charge in [-0.3, -0.25) is 0 Å². The summed E-state index contributed by atoms with van der Waals surface area (Å²) in [6.07, 6.45) is 1.49. The molecule has 1 heterocycles. The number of aromatic nitrogens is 1. The first kappa shape index (κ1) is 12.3. The van der Waals surface area contributed by atoms with Crippen LogP contribution in [0.5, 0.6) is 11.6 Å². The highest BCUT2D eigenvalue weighted by molar-refractivity contribution is 5.64. The first-order valence-electron chi connectivity index (χ1n) is 5.19. The third kappa shape index (κ3) is 2.25. The second-order valence-electron chi connectivity index (χ2n) is 3.56. The maximum Gasteiger partial charge on any atom is 0.212 e. The molecule has 0 fully saturated rings. The minimum atomic E-state index is -0.747. The first-order chi connectivity index (χ1) is 8.65. The fraction of sp³-hybridized carbons (Fsp3) is 0.154. The third-order valence-corrected chi connectivity index (χ3v) is 2.48. The molecule has 3 nitrogen and oxygen atoms in total. The van der Waals surface area contributed by atoms with Crippen LogP contribution in [-0.4, -0.2) is 19.2 Å². The fourth-order valence-electron chi connectivity index (χ4n) is 1.59. The first-order valence-corrected chi connectivity index (χ1v) is 5.19. The number of hydrogen-bond donors (Lipinski definition) is 0. The predicted molar refractivity (Wildman–Crippen MR) is 62.7 cm³/mol. The average Bonchev–Trinajstić information content (AvgIpc) is 2.38. The zero-order valence-electron chi connectivity index (χ0n) is 9.91. The van der Waals surface area contributed by atoms with Crippen molar-refractivity contribution in [3.05, 3.63) is 42.1 Å². The van der Waals surface area contributed by atoms with Crippen molar-refractivity contribution in [3.63, 3.8) is 0 Å².